The smallest absolute Gasteiger partial charge is 0.0595 e. The van der Waals surface area contributed by atoms with Crippen molar-refractivity contribution in [1.82, 2.24) is 10.2 Å². The third kappa shape index (κ3) is 3.56. The lowest BCUT2D eigenvalue weighted by atomic mass is 9.82. The van der Waals surface area contributed by atoms with Crippen molar-refractivity contribution in [3.8, 4) is 0 Å². The van der Waals surface area contributed by atoms with Crippen LogP contribution in [0.1, 0.15) is 51.1 Å². The lowest BCUT2D eigenvalue weighted by molar-refractivity contribution is 0.0448. The molecule has 118 valence electrons. The maximum atomic E-state index is 6.22. The van der Waals surface area contributed by atoms with Crippen molar-refractivity contribution in [3.05, 3.63) is 33.8 Å². The molecule has 1 aromatic carbocycles. The number of nitrogens with one attached hydrogen (secondary N) is 1. The van der Waals surface area contributed by atoms with Gasteiger partial charge in [0.25, 0.3) is 0 Å². The number of likely N-dealkylation sites (tertiary alicyclic amines) is 1. The van der Waals surface area contributed by atoms with E-state index in [9.17, 15) is 0 Å². The Bertz CT molecular complexity index is 472. The highest BCUT2D eigenvalue weighted by atomic mass is 35.5. The molecule has 2 nitrogen and oxygen atoms in total. The van der Waals surface area contributed by atoms with E-state index in [-0.39, 0.29) is 11.6 Å². The second-order valence-electron chi connectivity index (χ2n) is 6.15. The van der Waals surface area contributed by atoms with Crippen molar-refractivity contribution in [2.75, 3.05) is 20.1 Å². The van der Waals surface area contributed by atoms with Crippen molar-refractivity contribution >= 4 is 23.2 Å². The van der Waals surface area contributed by atoms with Crippen LogP contribution in [0.3, 0.4) is 0 Å². The average molecular weight is 329 g/mol. The van der Waals surface area contributed by atoms with E-state index in [4.69, 9.17) is 23.2 Å². The molecule has 0 bridgehead atoms. The molecule has 0 radical (unpaired) electrons. The molecule has 1 fully saturated rings. The zero-order valence-electron chi connectivity index (χ0n) is 13.3. The molecule has 1 heterocycles. The summed E-state index contributed by atoms with van der Waals surface area (Å²) in [6, 6.07) is 6.24. The highest BCUT2D eigenvalue weighted by Gasteiger charge is 2.38. The van der Waals surface area contributed by atoms with Crippen LogP contribution in [0.2, 0.25) is 10.0 Å². The maximum absolute atomic E-state index is 6.22. The van der Waals surface area contributed by atoms with Gasteiger partial charge in [-0.05, 0) is 64.0 Å². The number of benzene rings is 1. The van der Waals surface area contributed by atoms with E-state index in [1.807, 2.05) is 19.2 Å². The predicted octanol–water partition coefficient (Wildman–Crippen LogP) is 4.91. The van der Waals surface area contributed by atoms with E-state index < -0.39 is 0 Å². The molecule has 0 amide bonds. The zero-order valence-corrected chi connectivity index (χ0v) is 14.8. The zero-order chi connectivity index (χ0) is 15.5. The second kappa shape index (κ2) is 7.32. The van der Waals surface area contributed by atoms with E-state index in [1.54, 1.807) is 0 Å². The fraction of sp³-hybridized carbons (Fsp3) is 0.647. The van der Waals surface area contributed by atoms with E-state index in [0.717, 1.165) is 6.42 Å². The highest BCUT2D eigenvalue weighted by molar-refractivity contribution is 6.42. The Morgan fingerprint density at radius 1 is 1.19 bits per heavy atom. The third-order valence-corrected chi connectivity index (χ3v) is 5.72. The van der Waals surface area contributed by atoms with Crippen LogP contribution in [0.4, 0.5) is 0 Å². The molecule has 1 saturated heterocycles. The molecular weight excluding hydrogens is 303 g/mol. The predicted molar refractivity (Wildman–Crippen MR) is 92.4 cm³/mol. The molecule has 0 spiro atoms. The fourth-order valence-electron chi connectivity index (χ4n) is 3.54. The molecule has 2 rings (SSSR count). The number of hydrogen-bond acceptors (Lipinski definition) is 2. The number of likely N-dealkylation sites (N-methyl/N-ethyl adjacent to an activating group) is 1. The van der Waals surface area contributed by atoms with Crippen LogP contribution in [0.25, 0.3) is 0 Å². The number of rotatable bonds is 5. The SMILES string of the molecule is CCC(C)(C(NC)c1ccc(Cl)c(Cl)c1)N1CCCCC1. The number of hydrogen-bond donors (Lipinski definition) is 1. The Morgan fingerprint density at radius 3 is 2.38 bits per heavy atom. The Morgan fingerprint density at radius 2 is 1.86 bits per heavy atom. The van der Waals surface area contributed by atoms with Crippen LogP contribution >= 0.6 is 23.2 Å². The molecule has 1 aliphatic rings. The number of halogens is 2. The largest absolute Gasteiger partial charge is 0.311 e. The molecular formula is C17H26Cl2N2. The van der Waals surface area contributed by atoms with Gasteiger partial charge in [-0.1, -0.05) is 42.6 Å². The number of nitrogens with zero attached hydrogens (tertiary/aromatic N) is 1. The maximum Gasteiger partial charge on any atom is 0.0595 e. The Balaban J connectivity index is 2.33. The molecule has 1 aliphatic heterocycles. The van der Waals surface area contributed by atoms with Gasteiger partial charge in [0.15, 0.2) is 0 Å². The lowest BCUT2D eigenvalue weighted by Gasteiger charge is -2.48. The second-order valence-corrected chi connectivity index (χ2v) is 6.97. The van der Waals surface area contributed by atoms with Gasteiger partial charge in [0.2, 0.25) is 0 Å². The van der Waals surface area contributed by atoms with E-state index in [1.165, 1.54) is 37.9 Å². The van der Waals surface area contributed by atoms with Crippen molar-refractivity contribution in [1.29, 1.82) is 0 Å². The van der Waals surface area contributed by atoms with Gasteiger partial charge >= 0.3 is 0 Å². The standard InChI is InChI=1S/C17H26Cl2N2/c1-4-17(2,21-10-6-5-7-11-21)16(20-3)13-8-9-14(18)15(19)12-13/h8-9,12,16,20H,4-7,10-11H2,1-3H3. The summed E-state index contributed by atoms with van der Waals surface area (Å²) in [6.45, 7) is 7.01. The molecule has 2 atom stereocenters. The summed E-state index contributed by atoms with van der Waals surface area (Å²) in [6.07, 6.45) is 5.05. The Labute approximate surface area is 138 Å². The van der Waals surface area contributed by atoms with Crippen molar-refractivity contribution in [3.63, 3.8) is 0 Å². The molecule has 0 saturated carbocycles. The van der Waals surface area contributed by atoms with Crippen molar-refractivity contribution < 1.29 is 0 Å². The molecule has 21 heavy (non-hydrogen) atoms. The topological polar surface area (TPSA) is 15.3 Å². The third-order valence-electron chi connectivity index (χ3n) is 4.98. The molecule has 1 N–H and O–H groups in total. The minimum Gasteiger partial charge on any atom is -0.311 e. The average Bonchev–Trinajstić information content (AvgIpc) is 2.52. The van der Waals surface area contributed by atoms with Gasteiger partial charge in [0, 0.05) is 5.54 Å². The van der Waals surface area contributed by atoms with Crippen LogP contribution in [0, 0.1) is 0 Å². The van der Waals surface area contributed by atoms with E-state index >= 15 is 0 Å². The fourth-order valence-corrected chi connectivity index (χ4v) is 3.85. The molecule has 4 heteroatoms. The van der Waals surface area contributed by atoms with Crippen LogP contribution in [-0.4, -0.2) is 30.6 Å². The van der Waals surface area contributed by atoms with Gasteiger partial charge in [-0.2, -0.15) is 0 Å². The summed E-state index contributed by atoms with van der Waals surface area (Å²) < 4.78 is 0. The van der Waals surface area contributed by atoms with Crippen molar-refractivity contribution in [2.45, 2.75) is 51.1 Å². The number of piperidine rings is 1. The van der Waals surface area contributed by atoms with Gasteiger partial charge in [0.05, 0.1) is 16.1 Å². The minimum absolute atomic E-state index is 0.0896. The van der Waals surface area contributed by atoms with Gasteiger partial charge in [-0.15, -0.1) is 0 Å². The summed E-state index contributed by atoms with van der Waals surface area (Å²) in [4.78, 5) is 2.64. The summed E-state index contributed by atoms with van der Waals surface area (Å²) in [5, 5.41) is 4.76. The first-order chi connectivity index (χ1) is 10.0. The normalized spacial score (nSPS) is 21.0. The summed E-state index contributed by atoms with van der Waals surface area (Å²) in [7, 11) is 2.03. The summed E-state index contributed by atoms with van der Waals surface area (Å²) >= 11 is 12.3. The van der Waals surface area contributed by atoms with E-state index in [0.29, 0.717) is 10.0 Å². The van der Waals surface area contributed by atoms with Crippen LogP contribution in [0.5, 0.6) is 0 Å². The van der Waals surface area contributed by atoms with Gasteiger partial charge in [-0.25, -0.2) is 0 Å². The molecule has 0 aliphatic carbocycles. The summed E-state index contributed by atoms with van der Waals surface area (Å²) in [5.74, 6) is 0. The first kappa shape index (κ1) is 17.1. The van der Waals surface area contributed by atoms with Gasteiger partial charge in [-0.3, -0.25) is 4.90 Å². The highest BCUT2D eigenvalue weighted by Crippen LogP contribution is 2.37. The first-order valence-electron chi connectivity index (χ1n) is 7.90. The molecule has 0 aromatic heterocycles. The first-order valence-corrected chi connectivity index (χ1v) is 8.65. The molecule has 2 unspecified atom stereocenters. The van der Waals surface area contributed by atoms with Crippen LogP contribution in [0.15, 0.2) is 18.2 Å². The van der Waals surface area contributed by atoms with Gasteiger partial charge in [0.1, 0.15) is 0 Å². The summed E-state index contributed by atoms with van der Waals surface area (Å²) in [5.41, 5.74) is 1.30. The van der Waals surface area contributed by atoms with Crippen LogP contribution in [-0.2, 0) is 0 Å². The minimum atomic E-state index is 0.0896. The Hall–Kier alpha value is -0.280. The quantitative estimate of drug-likeness (QED) is 0.826. The van der Waals surface area contributed by atoms with Crippen molar-refractivity contribution in [2.24, 2.45) is 0 Å². The van der Waals surface area contributed by atoms with Gasteiger partial charge < -0.3 is 5.32 Å². The van der Waals surface area contributed by atoms with E-state index in [2.05, 4.69) is 30.1 Å². The molecule has 1 aromatic rings. The monoisotopic (exact) mass is 328 g/mol. The lowest BCUT2D eigenvalue weighted by Crippen LogP contribution is -2.55. The van der Waals surface area contributed by atoms with Crippen LogP contribution < -0.4 is 5.32 Å². The Kier molecular flexibility index (Phi) is 5.96.